The molecule has 3 heterocycles. The third-order valence-electron chi connectivity index (χ3n) is 5.72. The van der Waals surface area contributed by atoms with Gasteiger partial charge in [-0.1, -0.05) is 19.1 Å². The number of piperidine rings is 1. The van der Waals surface area contributed by atoms with Crippen molar-refractivity contribution in [2.24, 2.45) is 0 Å². The zero-order valence-electron chi connectivity index (χ0n) is 17.4. The van der Waals surface area contributed by atoms with Crippen LogP contribution in [-0.4, -0.2) is 57.8 Å². The van der Waals surface area contributed by atoms with E-state index in [0.29, 0.717) is 50.1 Å². The smallest absolute Gasteiger partial charge is 0.410 e. The molecule has 0 N–H and O–H groups in total. The number of carbonyl (C=O) groups is 2. The Kier molecular flexibility index (Phi) is 6.14. The van der Waals surface area contributed by atoms with Gasteiger partial charge in [0.25, 0.3) is 5.91 Å². The van der Waals surface area contributed by atoms with Crippen molar-refractivity contribution in [2.75, 3.05) is 25.4 Å². The Morgan fingerprint density at radius 2 is 2.10 bits per heavy atom. The first-order chi connectivity index (χ1) is 15.0. The Bertz CT molecular complexity index is 1030. The predicted molar refractivity (Wildman–Crippen MR) is 117 cm³/mol. The molecule has 0 bridgehead atoms. The summed E-state index contributed by atoms with van der Waals surface area (Å²) in [5, 5.41) is 9.84. The van der Waals surface area contributed by atoms with Gasteiger partial charge in [-0.05, 0) is 35.6 Å². The van der Waals surface area contributed by atoms with E-state index in [9.17, 15) is 9.59 Å². The van der Waals surface area contributed by atoms with Gasteiger partial charge in [-0.3, -0.25) is 9.69 Å². The molecule has 2 aliphatic heterocycles. The molecular formula is C23H24N4O3S. The highest BCUT2D eigenvalue weighted by Crippen LogP contribution is 2.35. The zero-order chi connectivity index (χ0) is 21.8. The van der Waals surface area contributed by atoms with E-state index in [0.717, 1.165) is 16.3 Å². The van der Waals surface area contributed by atoms with Crippen molar-refractivity contribution in [1.82, 2.24) is 14.8 Å². The number of pyridine rings is 1. The van der Waals surface area contributed by atoms with Crippen LogP contribution in [0, 0.1) is 11.3 Å². The van der Waals surface area contributed by atoms with Crippen LogP contribution < -0.4 is 0 Å². The molecule has 2 aliphatic rings. The average Bonchev–Trinajstić information content (AvgIpc) is 3.08. The van der Waals surface area contributed by atoms with Crippen molar-refractivity contribution >= 4 is 23.8 Å². The molecule has 2 saturated heterocycles. The number of ether oxygens (including phenoxy) is 1. The van der Waals surface area contributed by atoms with E-state index in [-0.39, 0.29) is 12.0 Å². The predicted octanol–water partition coefficient (Wildman–Crippen LogP) is 3.69. The topological polar surface area (TPSA) is 86.5 Å². The van der Waals surface area contributed by atoms with E-state index in [4.69, 9.17) is 10.00 Å². The summed E-state index contributed by atoms with van der Waals surface area (Å²) in [5.41, 5.74) is 1.55. The summed E-state index contributed by atoms with van der Waals surface area (Å²) in [6.07, 6.45) is 2.58. The van der Waals surface area contributed by atoms with Gasteiger partial charge < -0.3 is 9.64 Å². The van der Waals surface area contributed by atoms with Gasteiger partial charge in [-0.15, -0.1) is 11.8 Å². The maximum atomic E-state index is 13.1. The molecule has 0 unspecified atom stereocenters. The molecule has 2 fully saturated rings. The highest BCUT2D eigenvalue weighted by atomic mass is 32.2. The third-order valence-corrected chi connectivity index (χ3v) is 6.60. The molecule has 2 amide bonds. The average molecular weight is 437 g/mol. The number of nitriles is 1. The number of likely N-dealkylation sites (tertiary alicyclic amines) is 1. The number of hydrogen-bond donors (Lipinski definition) is 0. The van der Waals surface area contributed by atoms with E-state index < -0.39 is 5.60 Å². The van der Waals surface area contributed by atoms with Crippen molar-refractivity contribution in [1.29, 1.82) is 5.26 Å². The van der Waals surface area contributed by atoms with Gasteiger partial charge >= 0.3 is 6.09 Å². The van der Waals surface area contributed by atoms with Gasteiger partial charge in [-0.25, -0.2) is 9.78 Å². The maximum Gasteiger partial charge on any atom is 0.410 e. The van der Waals surface area contributed by atoms with Gasteiger partial charge in [0.05, 0.1) is 23.7 Å². The monoisotopic (exact) mass is 436 g/mol. The fourth-order valence-electron chi connectivity index (χ4n) is 4.13. The molecule has 0 atom stereocenters. The summed E-state index contributed by atoms with van der Waals surface area (Å²) in [6.45, 7) is 4.01. The van der Waals surface area contributed by atoms with Crippen molar-refractivity contribution < 1.29 is 14.3 Å². The van der Waals surface area contributed by atoms with Crippen LogP contribution in [0.5, 0.6) is 0 Å². The Morgan fingerprint density at radius 1 is 1.29 bits per heavy atom. The first kappa shape index (κ1) is 21.2. The molecule has 7 nitrogen and oxygen atoms in total. The minimum atomic E-state index is -0.559. The Morgan fingerprint density at radius 3 is 2.84 bits per heavy atom. The van der Waals surface area contributed by atoms with Crippen LogP contribution in [0.25, 0.3) is 0 Å². The van der Waals surface area contributed by atoms with E-state index in [2.05, 4.69) is 11.1 Å². The molecule has 0 saturated carbocycles. The SMILES string of the molecule is CCSc1ncccc1C(=O)N1CCC2(CC1)CN(Cc1cccc(C#N)c1)C(=O)O2. The molecule has 0 radical (unpaired) electrons. The molecule has 1 spiro atoms. The highest BCUT2D eigenvalue weighted by molar-refractivity contribution is 7.99. The van der Waals surface area contributed by atoms with Crippen molar-refractivity contribution in [3.8, 4) is 6.07 Å². The number of thioether (sulfide) groups is 1. The summed E-state index contributed by atoms with van der Waals surface area (Å²) in [6, 6.07) is 13.0. The van der Waals surface area contributed by atoms with Crippen LogP contribution >= 0.6 is 11.8 Å². The molecule has 31 heavy (non-hydrogen) atoms. The van der Waals surface area contributed by atoms with E-state index >= 15 is 0 Å². The van der Waals surface area contributed by atoms with Crippen LogP contribution in [0.1, 0.15) is 41.3 Å². The summed E-state index contributed by atoms with van der Waals surface area (Å²) in [5.74, 6) is 0.831. The Balaban J connectivity index is 1.40. The number of aromatic nitrogens is 1. The zero-order valence-corrected chi connectivity index (χ0v) is 18.2. The van der Waals surface area contributed by atoms with E-state index in [1.807, 2.05) is 30.0 Å². The number of amides is 2. The van der Waals surface area contributed by atoms with Crippen molar-refractivity contribution in [3.05, 3.63) is 59.3 Å². The lowest BCUT2D eigenvalue weighted by molar-refractivity contribution is 0.00301. The van der Waals surface area contributed by atoms with Crippen LogP contribution in [0.15, 0.2) is 47.6 Å². The van der Waals surface area contributed by atoms with E-state index in [1.54, 1.807) is 41.1 Å². The number of rotatable bonds is 5. The van der Waals surface area contributed by atoms with Crippen LogP contribution in [0.3, 0.4) is 0 Å². The van der Waals surface area contributed by atoms with Gasteiger partial charge in [0.1, 0.15) is 10.6 Å². The lowest BCUT2D eigenvalue weighted by atomic mass is 9.91. The van der Waals surface area contributed by atoms with E-state index in [1.165, 1.54) is 0 Å². The van der Waals surface area contributed by atoms with Crippen LogP contribution in [-0.2, 0) is 11.3 Å². The first-order valence-electron chi connectivity index (χ1n) is 10.4. The largest absolute Gasteiger partial charge is 0.441 e. The quantitative estimate of drug-likeness (QED) is 0.665. The van der Waals surface area contributed by atoms with Crippen LogP contribution in [0.2, 0.25) is 0 Å². The van der Waals surface area contributed by atoms with Crippen LogP contribution in [0.4, 0.5) is 4.79 Å². The number of benzene rings is 1. The minimum absolute atomic E-state index is 0.0200. The summed E-state index contributed by atoms with van der Waals surface area (Å²) in [7, 11) is 0. The molecular weight excluding hydrogens is 412 g/mol. The second-order valence-electron chi connectivity index (χ2n) is 7.80. The van der Waals surface area contributed by atoms with Gasteiger partial charge in [0, 0.05) is 38.7 Å². The molecule has 4 rings (SSSR count). The Hall–Kier alpha value is -3.05. The standard InChI is InChI=1S/C23H24N4O3S/c1-2-31-20-19(7-4-10-25-20)21(28)26-11-8-23(9-12-26)16-27(22(29)30-23)15-18-6-3-5-17(13-18)14-24/h3-7,10,13H,2,8-9,11-12,15-16H2,1H3. The fourth-order valence-corrected chi connectivity index (χ4v) is 4.85. The normalized spacial score (nSPS) is 17.5. The minimum Gasteiger partial charge on any atom is -0.441 e. The number of hydrogen-bond acceptors (Lipinski definition) is 6. The molecule has 0 aliphatic carbocycles. The van der Waals surface area contributed by atoms with Gasteiger partial charge in [-0.2, -0.15) is 5.26 Å². The lowest BCUT2D eigenvalue weighted by Crippen LogP contribution is -2.48. The van der Waals surface area contributed by atoms with Crippen molar-refractivity contribution in [3.63, 3.8) is 0 Å². The maximum absolute atomic E-state index is 13.1. The fraction of sp³-hybridized carbons (Fsp3) is 0.391. The molecule has 2 aromatic rings. The molecule has 1 aromatic heterocycles. The third kappa shape index (κ3) is 4.52. The second-order valence-corrected chi connectivity index (χ2v) is 9.05. The number of carbonyl (C=O) groups excluding carboxylic acids is 2. The molecule has 8 heteroatoms. The van der Waals surface area contributed by atoms with Gasteiger partial charge in [0.15, 0.2) is 0 Å². The summed E-state index contributed by atoms with van der Waals surface area (Å²) in [4.78, 5) is 33.4. The number of nitrogens with zero attached hydrogens (tertiary/aromatic N) is 4. The van der Waals surface area contributed by atoms with Crippen molar-refractivity contribution in [2.45, 2.75) is 36.9 Å². The first-order valence-corrected chi connectivity index (χ1v) is 11.4. The molecule has 1 aromatic carbocycles. The van der Waals surface area contributed by atoms with Gasteiger partial charge in [0.2, 0.25) is 0 Å². The second kappa shape index (κ2) is 8.98. The molecule has 160 valence electrons. The lowest BCUT2D eigenvalue weighted by Gasteiger charge is -2.37. The summed E-state index contributed by atoms with van der Waals surface area (Å²) < 4.78 is 5.79. The Labute approximate surface area is 186 Å². The summed E-state index contributed by atoms with van der Waals surface area (Å²) >= 11 is 1.56. The highest BCUT2D eigenvalue weighted by Gasteiger charge is 2.47.